The highest BCUT2D eigenvalue weighted by Crippen LogP contribution is 2.40. The molecule has 4 amide bonds. The number of carbonyl (C=O) groups excluding carboxylic acids is 5. The Labute approximate surface area is 463 Å². The molecule has 3 atom stereocenters. The molecule has 1 aromatic carbocycles. The third-order valence-corrected chi connectivity index (χ3v) is 15.1. The smallest absolute Gasteiger partial charge is 0.343 e. The van der Waals surface area contributed by atoms with Gasteiger partial charge in [-0.2, -0.15) is 0 Å². The van der Waals surface area contributed by atoms with E-state index < -0.39 is 69.1 Å². The number of aliphatic hydroxyl groups is 1. The maximum Gasteiger partial charge on any atom is 0.343 e. The van der Waals surface area contributed by atoms with E-state index in [4.69, 9.17) is 14.5 Å². The molecule has 0 unspecified atom stereocenters. The summed E-state index contributed by atoms with van der Waals surface area (Å²) in [6.07, 6.45) is 9.11. The van der Waals surface area contributed by atoms with Crippen LogP contribution in [0.1, 0.15) is 114 Å². The fraction of sp³-hybridized carbons (Fsp3) is 0.509. The van der Waals surface area contributed by atoms with Crippen molar-refractivity contribution in [1.29, 1.82) is 0 Å². The lowest BCUT2D eigenvalue weighted by molar-refractivity contribution is -0.172. The van der Waals surface area contributed by atoms with Crippen LogP contribution in [0.25, 0.3) is 33.5 Å². The van der Waals surface area contributed by atoms with Crippen LogP contribution < -0.4 is 26.8 Å². The highest BCUT2D eigenvalue weighted by atomic mass is 32.2. The van der Waals surface area contributed by atoms with Crippen LogP contribution in [0.15, 0.2) is 46.7 Å². The number of esters is 1. The van der Waals surface area contributed by atoms with Crippen molar-refractivity contribution < 1.29 is 51.4 Å². The van der Waals surface area contributed by atoms with Gasteiger partial charge in [-0.05, 0) is 88.7 Å². The third kappa shape index (κ3) is 14.3. The Balaban J connectivity index is 0.907. The van der Waals surface area contributed by atoms with E-state index in [1.807, 2.05) is 0 Å². The van der Waals surface area contributed by atoms with Crippen molar-refractivity contribution in [2.45, 2.75) is 135 Å². The number of hydrogen-bond acceptors (Lipinski definition) is 17. The monoisotopic (exact) mass is 1120 g/mol. The number of unbranched alkanes of at least 4 members (excludes halogenated alkanes) is 3. The van der Waals surface area contributed by atoms with Gasteiger partial charge in [0.25, 0.3) is 5.56 Å². The standard InChI is InChI=1S/C55H69FN12O11S/c1-8-55(75)40-24-45-49-38(29-68(45)52(73)39(40)31-79-53(55)74)36(37-23-34(6)41(56)25-43(37)61-49)17-16-22-78-32-60-47(70)28-57-50(71)42(18-13-15-20-66(9-2)10-3)62-51(72)48(33(4)5)63-46(69)19-12-11-14-21-67-30-44(64-65-67)35-26-58-54(59-27-35)80(7,76)77/h23-27,30,33,42,48,75H,8-15,18-22,28-29,31-32H2,1-7H3,(H,57,71)(H,60,70)(H,62,72)(H,63,69)/t42-,48-,55-/m0/s1. The molecular formula is C55H69FN12O11S. The van der Waals surface area contributed by atoms with Crippen LogP contribution in [-0.2, 0) is 68.6 Å². The fourth-order valence-corrected chi connectivity index (χ4v) is 10.0. The number of fused-ring (bicyclic) bond motifs is 5. The van der Waals surface area contributed by atoms with Gasteiger partial charge in [-0.25, -0.2) is 32.6 Å². The van der Waals surface area contributed by atoms with Crippen molar-refractivity contribution in [3.8, 4) is 34.5 Å². The number of halogens is 1. The Morgan fingerprint density at radius 1 is 0.963 bits per heavy atom. The molecular weight excluding hydrogens is 1060 g/mol. The molecule has 80 heavy (non-hydrogen) atoms. The molecule has 23 nitrogen and oxygen atoms in total. The molecule has 5 N–H and O–H groups in total. The zero-order chi connectivity index (χ0) is 57.9. The first-order chi connectivity index (χ1) is 38.2. The van der Waals surface area contributed by atoms with Gasteiger partial charge in [0.1, 0.15) is 43.5 Å². The summed E-state index contributed by atoms with van der Waals surface area (Å²) in [6.45, 7) is 12.9. The highest BCUT2D eigenvalue weighted by molar-refractivity contribution is 7.90. The number of carbonyl (C=O) groups is 5. The predicted molar refractivity (Wildman–Crippen MR) is 291 cm³/mol. The molecule has 0 radical (unpaired) electrons. The molecule has 5 aromatic rings. The first kappa shape index (κ1) is 60.1. The molecule has 4 aromatic heterocycles. The second-order valence-electron chi connectivity index (χ2n) is 20.2. The van der Waals surface area contributed by atoms with Gasteiger partial charge in [0.15, 0.2) is 5.60 Å². The number of rotatable bonds is 26. The summed E-state index contributed by atoms with van der Waals surface area (Å²) in [7, 11) is -3.54. The summed E-state index contributed by atoms with van der Waals surface area (Å²) in [6, 6.07) is 2.53. The Kier molecular flexibility index (Phi) is 20.0. The number of ether oxygens (including phenoxy) is 2. The highest BCUT2D eigenvalue weighted by Gasteiger charge is 2.45. The number of cyclic esters (lactones) is 1. The van der Waals surface area contributed by atoms with Gasteiger partial charge >= 0.3 is 5.97 Å². The van der Waals surface area contributed by atoms with E-state index in [1.54, 1.807) is 50.7 Å². The maximum atomic E-state index is 15.0. The van der Waals surface area contributed by atoms with Gasteiger partial charge in [0, 0.05) is 65.3 Å². The molecule has 2 aliphatic heterocycles. The van der Waals surface area contributed by atoms with Crippen LogP contribution in [0.5, 0.6) is 0 Å². The van der Waals surface area contributed by atoms with Crippen LogP contribution in [0.2, 0.25) is 0 Å². The molecule has 0 saturated carbocycles. The Morgan fingerprint density at radius 2 is 1.71 bits per heavy atom. The number of pyridine rings is 2. The zero-order valence-electron chi connectivity index (χ0n) is 46.1. The molecule has 0 bridgehead atoms. The van der Waals surface area contributed by atoms with E-state index in [-0.39, 0.29) is 79.4 Å². The first-order valence-corrected chi connectivity index (χ1v) is 28.7. The lowest BCUT2D eigenvalue weighted by Crippen LogP contribution is -2.56. The summed E-state index contributed by atoms with van der Waals surface area (Å²) < 4.78 is 52.3. The molecule has 0 aliphatic carbocycles. The summed E-state index contributed by atoms with van der Waals surface area (Å²) in [5, 5.41) is 30.7. The zero-order valence-corrected chi connectivity index (χ0v) is 46.9. The molecule has 7 rings (SSSR count). The van der Waals surface area contributed by atoms with Gasteiger partial charge < -0.3 is 45.3 Å². The largest absolute Gasteiger partial charge is 0.458 e. The second kappa shape index (κ2) is 26.6. The average molecular weight is 1130 g/mol. The average Bonchev–Trinajstić information content (AvgIpc) is 4.06. The number of nitrogens with one attached hydrogen (secondary N) is 4. The van der Waals surface area contributed by atoms with Gasteiger partial charge in [0.05, 0.1) is 41.8 Å². The van der Waals surface area contributed by atoms with Crippen LogP contribution in [0.4, 0.5) is 4.39 Å². The fourth-order valence-electron chi connectivity index (χ4n) is 9.51. The molecule has 428 valence electrons. The number of amides is 4. The van der Waals surface area contributed by atoms with Crippen LogP contribution in [0.3, 0.4) is 0 Å². The molecule has 25 heteroatoms. The minimum Gasteiger partial charge on any atom is -0.458 e. The minimum atomic E-state index is -3.54. The van der Waals surface area contributed by atoms with Gasteiger partial charge in [-0.1, -0.05) is 58.1 Å². The lowest BCUT2D eigenvalue weighted by atomic mass is 9.86. The second-order valence-corrected chi connectivity index (χ2v) is 22.1. The van der Waals surface area contributed by atoms with Crippen molar-refractivity contribution in [3.63, 3.8) is 0 Å². The Morgan fingerprint density at radius 3 is 2.41 bits per heavy atom. The van der Waals surface area contributed by atoms with Crippen molar-refractivity contribution in [2.75, 3.05) is 45.8 Å². The molecule has 0 spiro atoms. The lowest BCUT2D eigenvalue weighted by Gasteiger charge is -2.31. The molecule has 0 saturated heterocycles. The van der Waals surface area contributed by atoms with E-state index in [1.165, 1.54) is 23.0 Å². The Hall–Kier alpha value is -7.53. The van der Waals surface area contributed by atoms with E-state index >= 15 is 0 Å². The summed E-state index contributed by atoms with van der Waals surface area (Å²) in [4.78, 5) is 94.9. The number of benzene rings is 1. The maximum absolute atomic E-state index is 15.0. The number of hydrogen-bond donors (Lipinski definition) is 5. The van der Waals surface area contributed by atoms with Crippen LogP contribution >= 0.6 is 0 Å². The van der Waals surface area contributed by atoms with E-state index in [9.17, 15) is 46.7 Å². The summed E-state index contributed by atoms with van der Waals surface area (Å²) in [5.74, 6) is 2.37. The Bertz CT molecular complexity index is 3370. The van der Waals surface area contributed by atoms with E-state index in [2.05, 4.69) is 72.1 Å². The topological polar surface area (TPSA) is 301 Å². The van der Waals surface area contributed by atoms with Crippen molar-refractivity contribution in [3.05, 3.63) is 80.8 Å². The number of sulfone groups is 1. The van der Waals surface area contributed by atoms with E-state index in [0.29, 0.717) is 76.9 Å². The van der Waals surface area contributed by atoms with Gasteiger partial charge in [-0.3, -0.25) is 28.7 Å². The quantitative estimate of drug-likeness (QED) is 0.0171. The molecule has 0 fully saturated rings. The normalized spacial score (nSPS) is 15.3. The van der Waals surface area contributed by atoms with Crippen molar-refractivity contribution >= 4 is 50.3 Å². The van der Waals surface area contributed by atoms with Crippen LogP contribution in [-0.4, -0.2) is 140 Å². The molecule has 2 aliphatic rings. The molecule has 6 heterocycles. The van der Waals surface area contributed by atoms with Crippen LogP contribution in [0, 0.1) is 30.5 Å². The third-order valence-electron chi connectivity index (χ3n) is 14.2. The summed E-state index contributed by atoms with van der Waals surface area (Å²) in [5.41, 5.74) is 1.16. The minimum absolute atomic E-state index is 0.0336. The van der Waals surface area contributed by atoms with Gasteiger partial charge in [0.2, 0.25) is 38.6 Å². The number of aryl methyl sites for hydroxylation is 2. The number of nitrogens with zero attached hydrogens (tertiary/aromatic N) is 8. The van der Waals surface area contributed by atoms with Crippen molar-refractivity contribution in [1.82, 2.24) is 60.7 Å². The number of aromatic nitrogens is 7. The SMILES string of the molecule is CCN(CC)CCCC[C@H](NC(=O)[C@@H](NC(=O)CCCCCn1cc(-c2cnc(S(C)(=O)=O)nc2)nn1)C(C)C)C(=O)NCC(=O)NCOCC#Cc1c2c(nc3cc(F)c(C)cc13)-c1cc3c(c(=O)n1C2)COC(=O)[C@]3(O)CC. The first-order valence-electron chi connectivity index (χ1n) is 26.8. The summed E-state index contributed by atoms with van der Waals surface area (Å²) >= 11 is 0. The van der Waals surface area contributed by atoms with Crippen molar-refractivity contribution in [2.24, 2.45) is 5.92 Å². The van der Waals surface area contributed by atoms with Gasteiger partial charge in [-0.15, -0.1) is 5.10 Å². The van der Waals surface area contributed by atoms with E-state index in [0.717, 1.165) is 32.3 Å². The predicted octanol–water partition coefficient (Wildman–Crippen LogP) is 2.94.